The summed E-state index contributed by atoms with van der Waals surface area (Å²) in [6.07, 6.45) is 3.76. The number of aliphatic hydroxyl groups is 1. The van der Waals surface area contributed by atoms with E-state index in [9.17, 15) is 15.0 Å². The minimum atomic E-state index is -0.567. The maximum absolute atomic E-state index is 13.5. The van der Waals surface area contributed by atoms with Crippen LogP contribution in [0.4, 0.5) is 0 Å². The van der Waals surface area contributed by atoms with Crippen molar-refractivity contribution < 1.29 is 19.4 Å². The molecule has 2 aromatic carbocycles. The molecule has 6 heteroatoms. The first kappa shape index (κ1) is 20.7. The van der Waals surface area contributed by atoms with Crippen molar-refractivity contribution in [3.8, 4) is 22.8 Å². The molecule has 4 rings (SSSR count). The van der Waals surface area contributed by atoms with Crippen LogP contribution < -0.4 is 10.2 Å². The third-order valence-corrected chi connectivity index (χ3v) is 5.90. The Bertz CT molecular complexity index is 1220. The van der Waals surface area contributed by atoms with Crippen molar-refractivity contribution in [1.29, 1.82) is 0 Å². The van der Waals surface area contributed by atoms with Crippen molar-refractivity contribution in [1.82, 2.24) is 0 Å². The van der Waals surface area contributed by atoms with E-state index in [4.69, 9.17) is 9.15 Å². The number of hydrogen-bond donors (Lipinski definition) is 2. The molecule has 1 aromatic heterocycles. The van der Waals surface area contributed by atoms with Crippen LogP contribution in [-0.4, -0.2) is 21.9 Å². The number of hydrogen-bond acceptors (Lipinski definition) is 5. The number of aliphatic hydroxyl groups excluding tert-OH is 1. The van der Waals surface area contributed by atoms with Crippen molar-refractivity contribution in [2.45, 2.75) is 45.3 Å². The van der Waals surface area contributed by atoms with Gasteiger partial charge in [0.2, 0.25) is 0 Å². The zero-order chi connectivity index (χ0) is 21.6. The first-order valence-electron chi connectivity index (χ1n) is 9.85. The average Bonchev–Trinajstić information content (AvgIpc) is 2.66. The Morgan fingerprint density at radius 1 is 1.23 bits per heavy atom. The molecule has 1 aliphatic rings. The molecule has 30 heavy (non-hydrogen) atoms. The van der Waals surface area contributed by atoms with E-state index in [1.165, 1.54) is 0 Å². The molecule has 0 radical (unpaired) electrons. The summed E-state index contributed by atoms with van der Waals surface area (Å²) in [5.41, 5.74) is 1.04. The second kappa shape index (κ2) is 7.60. The molecule has 3 aromatic rings. The molecule has 0 fully saturated rings. The highest BCUT2D eigenvalue weighted by molar-refractivity contribution is 9.10. The summed E-state index contributed by atoms with van der Waals surface area (Å²) in [7, 11) is 0. The van der Waals surface area contributed by atoms with Gasteiger partial charge in [0, 0.05) is 21.7 Å². The first-order chi connectivity index (χ1) is 14.2. The van der Waals surface area contributed by atoms with Gasteiger partial charge in [0.25, 0.3) is 0 Å². The van der Waals surface area contributed by atoms with Gasteiger partial charge < -0.3 is 19.4 Å². The molecule has 0 aliphatic carbocycles. The van der Waals surface area contributed by atoms with Crippen LogP contribution in [0.2, 0.25) is 0 Å². The number of aromatic hydroxyl groups is 1. The fourth-order valence-electron chi connectivity index (χ4n) is 3.65. The summed E-state index contributed by atoms with van der Waals surface area (Å²) in [6, 6.07) is 9.14. The van der Waals surface area contributed by atoms with Gasteiger partial charge in [-0.25, -0.2) is 0 Å². The van der Waals surface area contributed by atoms with E-state index in [0.717, 1.165) is 10.0 Å². The predicted octanol–water partition coefficient (Wildman–Crippen LogP) is 5.43. The molecule has 2 N–H and O–H groups in total. The number of phenols is 1. The lowest BCUT2D eigenvalue weighted by atomic mass is 9.96. The van der Waals surface area contributed by atoms with Crippen LogP contribution in [0.5, 0.6) is 11.5 Å². The Kier molecular flexibility index (Phi) is 5.24. The molecule has 0 saturated heterocycles. The van der Waals surface area contributed by atoms with Crippen LogP contribution >= 0.6 is 15.9 Å². The summed E-state index contributed by atoms with van der Waals surface area (Å²) in [5.74, 6) is 0.732. The molecule has 0 bridgehead atoms. The van der Waals surface area contributed by atoms with Crippen molar-refractivity contribution in [2.75, 3.05) is 0 Å². The number of benzene rings is 2. The lowest BCUT2D eigenvalue weighted by Gasteiger charge is -2.28. The van der Waals surface area contributed by atoms with Gasteiger partial charge in [-0.15, -0.1) is 0 Å². The van der Waals surface area contributed by atoms with E-state index in [0.29, 0.717) is 35.5 Å². The van der Waals surface area contributed by atoms with E-state index in [1.54, 1.807) is 19.1 Å². The maximum atomic E-state index is 13.5. The summed E-state index contributed by atoms with van der Waals surface area (Å²) in [4.78, 5) is 13.5. The highest BCUT2D eigenvalue weighted by Crippen LogP contribution is 2.42. The van der Waals surface area contributed by atoms with Gasteiger partial charge in [0.1, 0.15) is 33.8 Å². The number of rotatable bonds is 4. The van der Waals surface area contributed by atoms with Crippen molar-refractivity contribution in [2.24, 2.45) is 0 Å². The largest absolute Gasteiger partial charge is 0.506 e. The zero-order valence-corrected chi connectivity index (χ0v) is 18.6. The number of phenolic OH excluding ortho intramolecular Hbond substituents is 1. The van der Waals surface area contributed by atoms with E-state index in [2.05, 4.69) is 15.9 Å². The van der Waals surface area contributed by atoms with Crippen LogP contribution in [0.3, 0.4) is 0 Å². The van der Waals surface area contributed by atoms with E-state index in [-0.39, 0.29) is 22.1 Å². The van der Waals surface area contributed by atoms with E-state index >= 15 is 0 Å². The molecule has 156 valence electrons. The SMILES string of the molecule is CC(O)CCc1c(-c2ccccc2Br)oc2cc3c(c(O)c2c1=O)C=CC(C)(C)O3. The molecular formula is C24H23BrO5. The summed E-state index contributed by atoms with van der Waals surface area (Å²) < 4.78 is 13.0. The molecule has 0 amide bonds. The van der Waals surface area contributed by atoms with Crippen LogP contribution in [0.15, 0.2) is 50.1 Å². The number of fused-ring (bicyclic) bond motifs is 2. The van der Waals surface area contributed by atoms with Gasteiger partial charge in [0.05, 0.1) is 11.7 Å². The molecule has 1 unspecified atom stereocenters. The average molecular weight is 471 g/mol. The lowest BCUT2D eigenvalue weighted by Crippen LogP contribution is -2.27. The molecule has 5 nitrogen and oxygen atoms in total. The lowest BCUT2D eigenvalue weighted by molar-refractivity contribution is 0.158. The molecule has 1 aliphatic heterocycles. The summed E-state index contributed by atoms with van der Waals surface area (Å²) in [5, 5.41) is 20.8. The van der Waals surface area contributed by atoms with Crippen LogP contribution in [0, 0.1) is 0 Å². The van der Waals surface area contributed by atoms with Crippen LogP contribution in [-0.2, 0) is 6.42 Å². The number of ether oxygens (including phenoxy) is 1. The number of halogens is 1. The fraction of sp³-hybridized carbons (Fsp3) is 0.292. The van der Waals surface area contributed by atoms with Crippen molar-refractivity contribution >= 4 is 33.0 Å². The Morgan fingerprint density at radius 2 is 1.97 bits per heavy atom. The maximum Gasteiger partial charge on any atom is 0.200 e. The monoisotopic (exact) mass is 470 g/mol. The molecule has 2 heterocycles. The Hall–Kier alpha value is -2.57. The van der Waals surface area contributed by atoms with Crippen molar-refractivity contribution in [3.63, 3.8) is 0 Å². The van der Waals surface area contributed by atoms with Gasteiger partial charge >= 0.3 is 0 Å². The third-order valence-electron chi connectivity index (χ3n) is 5.21. The minimum absolute atomic E-state index is 0.123. The topological polar surface area (TPSA) is 79.9 Å². The Labute approximate surface area is 182 Å². The standard InChI is InChI=1S/C24H23BrO5/c1-13(26)8-9-16-22(28)20-19(29-23(16)14-6-4-5-7-17(14)25)12-18-15(21(20)27)10-11-24(2,3)30-18/h4-7,10-13,26-27H,8-9H2,1-3H3. The molecule has 1 atom stereocenters. The highest BCUT2D eigenvalue weighted by atomic mass is 79.9. The van der Waals surface area contributed by atoms with E-state index < -0.39 is 11.7 Å². The van der Waals surface area contributed by atoms with E-state index in [1.807, 2.05) is 44.2 Å². The van der Waals surface area contributed by atoms with Gasteiger partial charge in [-0.3, -0.25) is 4.79 Å². The minimum Gasteiger partial charge on any atom is -0.506 e. The second-order valence-corrected chi connectivity index (χ2v) is 9.01. The van der Waals surface area contributed by atoms with Gasteiger partial charge in [-0.1, -0.05) is 34.1 Å². The predicted molar refractivity (Wildman–Crippen MR) is 121 cm³/mol. The Balaban J connectivity index is 2.03. The van der Waals surface area contributed by atoms with Gasteiger partial charge in [0.15, 0.2) is 5.43 Å². The van der Waals surface area contributed by atoms with Gasteiger partial charge in [-0.05, 0) is 51.8 Å². The zero-order valence-electron chi connectivity index (χ0n) is 17.0. The second-order valence-electron chi connectivity index (χ2n) is 8.16. The van der Waals surface area contributed by atoms with Crippen molar-refractivity contribution in [3.05, 3.63) is 62.2 Å². The molecule has 0 saturated carbocycles. The summed E-state index contributed by atoms with van der Waals surface area (Å²) in [6.45, 7) is 5.50. The first-order valence-corrected chi connectivity index (χ1v) is 10.6. The summed E-state index contributed by atoms with van der Waals surface area (Å²) >= 11 is 3.53. The quantitative estimate of drug-likeness (QED) is 0.531. The Morgan fingerprint density at radius 3 is 2.67 bits per heavy atom. The third kappa shape index (κ3) is 3.66. The van der Waals surface area contributed by atoms with Crippen LogP contribution in [0.25, 0.3) is 28.4 Å². The fourth-order valence-corrected chi connectivity index (χ4v) is 4.12. The normalized spacial score (nSPS) is 15.6. The molecule has 0 spiro atoms. The molecular weight excluding hydrogens is 448 g/mol. The van der Waals surface area contributed by atoms with Crippen LogP contribution in [0.1, 0.15) is 38.3 Å². The smallest absolute Gasteiger partial charge is 0.200 e. The highest BCUT2D eigenvalue weighted by Gasteiger charge is 2.28. The van der Waals surface area contributed by atoms with Gasteiger partial charge in [-0.2, -0.15) is 0 Å².